The summed E-state index contributed by atoms with van der Waals surface area (Å²) in [5.74, 6) is -0.694. The normalized spacial score (nSPS) is 18.0. The molecular weight excluding hydrogens is 448 g/mol. The van der Waals surface area contributed by atoms with Crippen LogP contribution in [0.1, 0.15) is 29.2 Å². The third-order valence-electron chi connectivity index (χ3n) is 5.23. The van der Waals surface area contributed by atoms with Crippen molar-refractivity contribution in [2.24, 2.45) is 5.92 Å². The average molecular weight is 469 g/mol. The van der Waals surface area contributed by atoms with E-state index in [0.717, 1.165) is 15.0 Å². The van der Waals surface area contributed by atoms with Crippen molar-refractivity contribution in [3.05, 3.63) is 45.6 Å². The summed E-state index contributed by atoms with van der Waals surface area (Å²) in [6, 6.07) is 7.74. The fraction of sp³-hybridized carbons (Fsp3) is 0.400. The largest absolute Gasteiger partial charge is 0.460 e. The third-order valence-corrected chi connectivity index (χ3v) is 9.03. The summed E-state index contributed by atoms with van der Waals surface area (Å²) >= 11 is 7.90. The van der Waals surface area contributed by atoms with Crippen LogP contribution in [0.2, 0.25) is 5.02 Å². The van der Waals surface area contributed by atoms with E-state index < -0.39 is 21.9 Å². The van der Waals surface area contributed by atoms with Gasteiger partial charge in [-0.25, -0.2) is 8.42 Å². The number of nitrogens with zero attached hydrogens (tertiary/aromatic N) is 2. The summed E-state index contributed by atoms with van der Waals surface area (Å²) < 4.78 is 39.0. The molecule has 4 rings (SSSR count). The molecule has 1 aliphatic heterocycles. The second-order valence-electron chi connectivity index (χ2n) is 7.30. The molecule has 30 heavy (non-hydrogen) atoms. The van der Waals surface area contributed by atoms with Crippen LogP contribution in [0.4, 0.5) is 0 Å². The van der Waals surface area contributed by atoms with Gasteiger partial charge in [-0.2, -0.15) is 4.31 Å². The molecule has 0 aliphatic carbocycles. The molecule has 1 aliphatic rings. The first kappa shape index (κ1) is 21.3. The van der Waals surface area contributed by atoms with Gasteiger partial charge in [0, 0.05) is 23.2 Å². The second kappa shape index (κ2) is 8.30. The molecule has 0 amide bonds. The Balaban J connectivity index is 1.45. The SMILES string of the molecule is Cc1noc(C)c1S(=O)(=O)N1CCCC(C(=O)OCc2sc3ccccc3c2Cl)C1. The molecule has 0 spiro atoms. The minimum absolute atomic E-state index is 0.0735. The van der Waals surface area contributed by atoms with Crippen molar-refractivity contribution >= 4 is 49.0 Å². The van der Waals surface area contributed by atoms with Gasteiger partial charge in [0.15, 0.2) is 5.76 Å². The maximum Gasteiger partial charge on any atom is 0.310 e. The smallest absolute Gasteiger partial charge is 0.310 e. The van der Waals surface area contributed by atoms with Crippen LogP contribution in [-0.2, 0) is 26.2 Å². The van der Waals surface area contributed by atoms with E-state index in [1.165, 1.54) is 15.6 Å². The monoisotopic (exact) mass is 468 g/mol. The number of piperidine rings is 1. The molecule has 3 heterocycles. The first-order valence-electron chi connectivity index (χ1n) is 9.54. The summed E-state index contributed by atoms with van der Waals surface area (Å²) in [5.41, 5.74) is 0.316. The van der Waals surface area contributed by atoms with Gasteiger partial charge < -0.3 is 9.26 Å². The molecule has 2 aromatic heterocycles. The maximum atomic E-state index is 13.0. The lowest BCUT2D eigenvalue weighted by Crippen LogP contribution is -2.43. The van der Waals surface area contributed by atoms with Crippen molar-refractivity contribution in [1.29, 1.82) is 0 Å². The van der Waals surface area contributed by atoms with Gasteiger partial charge in [0.1, 0.15) is 17.2 Å². The first-order chi connectivity index (χ1) is 14.3. The topological polar surface area (TPSA) is 89.7 Å². The number of aryl methyl sites for hydroxylation is 2. The molecule has 1 aromatic carbocycles. The highest BCUT2D eigenvalue weighted by molar-refractivity contribution is 7.89. The van der Waals surface area contributed by atoms with Crippen LogP contribution in [0.25, 0.3) is 10.1 Å². The molecule has 3 aromatic rings. The zero-order chi connectivity index (χ0) is 21.5. The molecule has 7 nitrogen and oxygen atoms in total. The molecule has 1 atom stereocenters. The lowest BCUT2D eigenvalue weighted by molar-refractivity contribution is -0.151. The number of benzene rings is 1. The van der Waals surface area contributed by atoms with Crippen LogP contribution in [0.5, 0.6) is 0 Å². The number of esters is 1. The first-order valence-corrected chi connectivity index (χ1v) is 12.2. The lowest BCUT2D eigenvalue weighted by atomic mass is 10.00. The van der Waals surface area contributed by atoms with Gasteiger partial charge in [0.2, 0.25) is 10.0 Å². The molecular formula is C20H21ClN2O5S2. The fourth-order valence-corrected chi connectivity index (χ4v) is 6.95. The number of rotatable bonds is 5. The van der Waals surface area contributed by atoms with Crippen LogP contribution in [-0.4, -0.2) is 36.9 Å². The van der Waals surface area contributed by atoms with E-state index in [-0.39, 0.29) is 23.8 Å². The quantitative estimate of drug-likeness (QED) is 0.518. The van der Waals surface area contributed by atoms with E-state index in [0.29, 0.717) is 30.1 Å². The van der Waals surface area contributed by atoms with Crippen LogP contribution >= 0.6 is 22.9 Å². The van der Waals surface area contributed by atoms with Crippen molar-refractivity contribution < 1.29 is 22.5 Å². The minimum atomic E-state index is -3.79. The number of sulfonamides is 1. The van der Waals surface area contributed by atoms with Crippen molar-refractivity contribution in [2.75, 3.05) is 13.1 Å². The number of hydrogen-bond acceptors (Lipinski definition) is 7. The van der Waals surface area contributed by atoms with Gasteiger partial charge >= 0.3 is 5.97 Å². The number of fused-ring (bicyclic) bond motifs is 1. The Kier molecular flexibility index (Phi) is 5.89. The number of hydrogen-bond donors (Lipinski definition) is 0. The van der Waals surface area contributed by atoms with Crippen LogP contribution in [0.3, 0.4) is 0 Å². The number of halogens is 1. The number of carbonyl (C=O) groups is 1. The van der Waals surface area contributed by atoms with Crippen molar-refractivity contribution in [1.82, 2.24) is 9.46 Å². The van der Waals surface area contributed by atoms with E-state index >= 15 is 0 Å². The Morgan fingerprint density at radius 3 is 2.83 bits per heavy atom. The Hall–Kier alpha value is -1.94. The molecule has 1 saturated heterocycles. The fourth-order valence-electron chi connectivity index (χ4n) is 3.74. The van der Waals surface area contributed by atoms with Crippen molar-refractivity contribution in [3.63, 3.8) is 0 Å². The standard InChI is InChI=1S/C20H21ClN2O5S2/c1-12-19(13(2)28-22-12)30(25,26)23-9-5-6-14(10-23)20(24)27-11-17-18(21)15-7-3-4-8-16(15)29-17/h3-4,7-8,14H,5-6,9-11H2,1-2H3. The number of ether oxygens (including phenoxy) is 1. The second-order valence-corrected chi connectivity index (χ2v) is 10.7. The van der Waals surface area contributed by atoms with Crippen LogP contribution in [0, 0.1) is 19.8 Å². The molecule has 10 heteroatoms. The van der Waals surface area contributed by atoms with Crippen molar-refractivity contribution in [3.8, 4) is 0 Å². The Labute approximate surface area is 183 Å². The predicted octanol–water partition coefficient (Wildman–Crippen LogP) is 4.30. The zero-order valence-corrected chi connectivity index (χ0v) is 18.9. The lowest BCUT2D eigenvalue weighted by Gasteiger charge is -2.30. The zero-order valence-electron chi connectivity index (χ0n) is 16.6. The maximum absolute atomic E-state index is 13.0. The van der Waals surface area contributed by atoms with E-state index in [1.54, 1.807) is 13.8 Å². The van der Waals surface area contributed by atoms with E-state index in [4.69, 9.17) is 20.9 Å². The Bertz CT molecular complexity index is 1180. The number of aromatic nitrogens is 1. The Morgan fingerprint density at radius 2 is 2.13 bits per heavy atom. The highest BCUT2D eigenvalue weighted by Gasteiger charge is 2.37. The molecule has 0 radical (unpaired) electrons. The summed E-state index contributed by atoms with van der Waals surface area (Å²) in [4.78, 5) is 13.5. The summed E-state index contributed by atoms with van der Waals surface area (Å²) in [6.45, 7) is 3.65. The van der Waals surface area contributed by atoms with Gasteiger partial charge in [-0.1, -0.05) is 35.0 Å². The number of thiophene rings is 1. The highest BCUT2D eigenvalue weighted by atomic mass is 35.5. The predicted molar refractivity (Wildman–Crippen MR) is 114 cm³/mol. The van der Waals surface area contributed by atoms with Crippen LogP contribution in [0.15, 0.2) is 33.7 Å². The van der Waals surface area contributed by atoms with E-state index in [9.17, 15) is 13.2 Å². The van der Waals surface area contributed by atoms with Gasteiger partial charge in [-0.15, -0.1) is 11.3 Å². The molecule has 0 N–H and O–H groups in total. The molecule has 1 fully saturated rings. The highest BCUT2D eigenvalue weighted by Crippen LogP contribution is 2.36. The molecule has 0 saturated carbocycles. The summed E-state index contributed by atoms with van der Waals surface area (Å²) in [5, 5.41) is 5.26. The summed E-state index contributed by atoms with van der Waals surface area (Å²) in [7, 11) is -3.79. The third kappa shape index (κ3) is 3.87. The van der Waals surface area contributed by atoms with Gasteiger partial charge in [-0.3, -0.25) is 4.79 Å². The van der Waals surface area contributed by atoms with E-state index in [1.807, 2.05) is 24.3 Å². The van der Waals surface area contributed by atoms with Gasteiger partial charge in [0.25, 0.3) is 0 Å². The number of carbonyl (C=O) groups excluding carboxylic acids is 1. The average Bonchev–Trinajstić information content (AvgIpc) is 3.25. The van der Waals surface area contributed by atoms with Gasteiger partial charge in [-0.05, 0) is 32.8 Å². The summed E-state index contributed by atoms with van der Waals surface area (Å²) in [6.07, 6.45) is 1.15. The van der Waals surface area contributed by atoms with Crippen LogP contribution < -0.4 is 0 Å². The van der Waals surface area contributed by atoms with E-state index in [2.05, 4.69) is 5.16 Å². The Morgan fingerprint density at radius 1 is 1.37 bits per heavy atom. The molecule has 160 valence electrons. The van der Waals surface area contributed by atoms with Gasteiger partial charge in [0.05, 0.1) is 15.8 Å². The molecule has 1 unspecified atom stereocenters. The minimum Gasteiger partial charge on any atom is -0.460 e. The molecule has 0 bridgehead atoms. The van der Waals surface area contributed by atoms with Crippen molar-refractivity contribution in [2.45, 2.75) is 38.2 Å².